The van der Waals surface area contributed by atoms with Crippen molar-refractivity contribution in [3.05, 3.63) is 11.0 Å². The number of allylic oxidation sites excluding steroid dienone is 2. The predicted molar refractivity (Wildman–Crippen MR) is 46.0 cm³/mol. The Hall–Kier alpha value is 0.440. The van der Waals surface area contributed by atoms with Gasteiger partial charge in [-0.1, -0.05) is 6.08 Å². The van der Waals surface area contributed by atoms with Gasteiger partial charge in [0.1, 0.15) is 0 Å². The maximum absolute atomic E-state index is 4.33. The largest absolute Gasteiger partial charge is 0.179 e. The topological polar surface area (TPSA) is 0 Å². The van der Waals surface area contributed by atoms with E-state index in [1.165, 1.54) is 11.3 Å². The van der Waals surface area contributed by atoms with Gasteiger partial charge < -0.3 is 0 Å². The van der Waals surface area contributed by atoms with Crippen LogP contribution in [0.15, 0.2) is 11.0 Å². The first-order valence-electron chi connectivity index (χ1n) is 3.34. The SMILES string of the molecule is SCC1CC2C=C(S)C21. The van der Waals surface area contributed by atoms with E-state index < -0.39 is 0 Å². The minimum Gasteiger partial charge on any atom is -0.179 e. The first-order valence-corrected chi connectivity index (χ1v) is 4.42. The van der Waals surface area contributed by atoms with E-state index in [-0.39, 0.29) is 0 Å². The van der Waals surface area contributed by atoms with Gasteiger partial charge in [-0.2, -0.15) is 12.6 Å². The van der Waals surface area contributed by atoms with Crippen molar-refractivity contribution >= 4 is 25.3 Å². The molecule has 0 aliphatic heterocycles. The highest BCUT2D eigenvalue weighted by Crippen LogP contribution is 2.54. The minimum absolute atomic E-state index is 0.811. The van der Waals surface area contributed by atoms with Crippen LogP contribution in [0.1, 0.15) is 6.42 Å². The van der Waals surface area contributed by atoms with Crippen LogP contribution in [0.2, 0.25) is 0 Å². The van der Waals surface area contributed by atoms with Crippen LogP contribution in [-0.4, -0.2) is 5.75 Å². The molecule has 9 heavy (non-hydrogen) atoms. The van der Waals surface area contributed by atoms with Crippen LogP contribution in [0, 0.1) is 17.8 Å². The second-order valence-corrected chi connectivity index (χ2v) is 3.84. The Morgan fingerprint density at radius 2 is 2.44 bits per heavy atom. The van der Waals surface area contributed by atoms with Crippen LogP contribution in [0.3, 0.4) is 0 Å². The summed E-state index contributed by atoms with van der Waals surface area (Å²) in [6, 6.07) is 0. The highest BCUT2D eigenvalue weighted by molar-refractivity contribution is 7.84. The third kappa shape index (κ3) is 0.695. The fourth-order valence-electron chi connectivity index (χ4n) is 1.83. The molecule has 0 saturated heterocycles. The molecule has 2 aliphatic carbocycles. The lowest BCUT2D eigenvalue weighted by Crippen LogP contribution is -2.42. The smallest absolute Gasteiger partial charge is 0.000784 e. The van der Waals surface area contributed by atoms with Gasteiger partial charge in [0.2, 0.25) is 0 Å². The van der Waals surface area contributed by atoms with Crippen molar-refractivity contribution in [2.75, 3.05) is 5.75 Å². The average molecular weight is 158 g/mol. The molecular formula is C7H10S2. The Morgan fingerprint density at radius 1 is 1.67 bits per heavy atom. The molecule has 2 rings (SSSR count). The molecule has 0 N–H and O–H groups in total. The van der Waals surface area contributed by atoms with Gasteiger partial charge in [0, 0.05) is 0 Å². The molecular weight excluding hydrogens is 148 g/mol. The van der Waals surface area contributed by atoms with E-state index in [0.717, 1.165) is 23.5 Å². The molecule has 0 nitrogen and oxygen atoms in total. The van der Waals surface area contributed by atoms with E-state index in [4.69, 9.17) is 0 Å². The molecule has 2 aliphatic rings. The van der Waals surface area contributed by atoms with Crippen molar-refractivity contribution in [1.29, 1.82) is 0 Å². The first-order chi connectivity index (χ1) is 4.33. The molecule has 3 unspecified atom stereocenters. The second-order valence-electron chi connectivity index (χ2n) is 2.96. The standard InChI is InChI=1S/C7H10S2/c8-3-5-1-4-2-6(9)7(4)5/h2,4-5,7-9H,1,3H2. The van der Waals surface area contributed by atoms with Gasteiger partial charge in [0.15, 0.2) is 0 Å². The molecule has 3 atom stereocenters. The van der Waals surface area contributed by atoms with Gasteiger partial charge in [-0.05, 0) is 34.8 Å². The molecule has 2 heteroatoms. The van der Waals surface area contributed by atoms with Crippen molar-refractivity contribution in [2.45, 2.75) is 6.42 Å². The zero-order valence-electron chi connectivity index (χ0n) is 5.12. The monoisotopic (exact) mass is 158 g/mol. The van der Waals surface area contributed by atoms with Gasteiger partial charge in [0.25, 0.3) is 0 Å². The summed E-state index contributed by atoms with van der Waals surface area (Å²) in [6.07, 6.45) is 3.63. The number of rotatable bonds is 1. The Bertz CT molecular complexity index is 162. The average Bonchev–Trinajstić information content (AvgIpc) is 1.80. The van der Waals surface area contributed by atoms with Gasteiger partial charge >= 0.3 is 0 Å². The quantitative estimate of drug-likeness (QED) is 0.536. The molecule has 1 fully saturated rings. The van der Waals surface area contributed by atoms with Crippen LogP contribution in [0.5, 0.6) is 0 Å². The fourth-order valence-corrected chi connectivity index (χ4v) is 2.80. The van der Waals surface area contributed by atoms with Crippen molar-refractivity contribution in [3.63, 3.8) is 0 Å². The molecule has 0 aromatic carbocycles. The van der Waals surface area contributed by atoms with Crippen molar-refractivity contribution in [2.24, 2.45) is 17.8 Å². The number of hydrogen-bond donors (Lipinski definition) is 2. The zero-order chi connectivity index (χ0) is 6.43. The highest BCUT2D eigenvalue weighted by atomic mass is 32.1. The molecule has 0 bridgehead atoms. The summed E-state index contributed by atoms with van der Waals surface area (Å²) >= 11 is 8.59. The molecule has 0 aromatic rings. The summed E-state index contributed by atoms with van der Waals surface area (Å²) in [6.45, 7) is 0. The lowest BCUT2D eigenvalue weighted by atomic mass is 9.59. The maximum atomic E-state index is 4.33. The molecule has 0 radical (unpaired) electrons. The van der Waals surface area contributed by atoms with Crippen LogP contribution < -0.4 is 0 Å². The highest BCUT2D eigenvalue weighted by Gasteiger charge is 2.45. The van der Waals surface area contributed by atoms with Gasteiger partial charge in [-0.15, -0.1) is 12.6 Å². The summed E-state index contributed by atoms with van der Waals surface area (Å²) in [4.78, 5) is 1.31. The molecule has 0 spiro atoms. The van der Waals surface area contributed by atoms with Crippen LogP contribution in [0.4, 0.5) is 0 Å². The second kappa shape index (κ2) is 1.96. The molecule has 0 heterocycles. The summed E-state index contributed by atoms with van der Waals surface area (Å²) < 4.78 is 0. The lowest BCUT2D eigenvalue weighted by molar-refractivity contribution is 0.143. The van der Waals surface area contributed by atoms with E-state index >= 15 is 0 Å². The first kappa shape index (κ1) is 6.17. The normalized spacial score (nSPS) is 46.4. The van der Waals surface area contributed by atoms with E-state index in [1.807, 2.05) is 0 Å². The number of fused-ring (bicyclic) bond motifs is 1. The Morgan fingerprint density at radius 3 is 2.78 bits per heavy atom. The van der Waals surface area contributed by atoms with Crippen molar-refractivity contribution in [1.82, 2.24) is 0 Å². The number of thiol groups is 2. The molecule has 1 saturated carbocycles. The third-order valence-corrected chi connectivity index (χ3v) is 3.42. The Labute approximate surface area is 66.5 Å². The number of hydrogen-bond acceptors (Lipinski definition) is 2. The van der Waals surface area contributed by atoms with Gasteiger partial charge in [0.05, 0.1) is 0 Å². The van der Waals surface area contributed by atoms with Crippen molar-refractivity contribution in [3.8, 4) is 0 Å². The Balaban J connectivity index is 2.04. The molecule has 50 valence electrons. The molecule has 0 aromatic heterocycles. The maximum Gasteiger partial charge on any atom is -0.000784 e. The van der Waals surface area contributed by atoms with Crippen molar-refractivity contribution < 1.29 is 0 Å². The van der Waals surface area contributed by atoms with Crippen LogP contribution >= 0.6 is 25.3 Å². The molecule has 0 amide bonds. The fraction of sp³-hybridized carbons (Fsp3) is 0.714. The van der Waals surface area contributed by atoms with E-state index in [0.29, 0.717) is 0 Å². The van der Waals surface area contributed by atoms with E-state index in [2.05, 4.69) is 31.3 Å². The lowest BCUT2D eigenvalue weighted by Gasteiger charge is -2.50. The van der Waals surface area contributed by atoms with Crippen LogP contribution in [-0.2, 0) is 0 Å². The summed E-state index contributed by atoms with van der Waals surface area (Å²) in [5.74, 6) is 3.58. The Kier molecular flexibility index (Phi) is 1.34. The summed E-state index contributed by atoms with van der Waals surface area (Å²) in [5.41, 5.74) is 0. The third-order valence-electron chi connectivity index (χ3n) is 2.50. The van der Waals surface area contributed by atoms with Gasteiger partial charge in [-0.3, -0.25) is 0 Å². The summed E-state index contributed by atoms with van der Waals surface area (Å²) in [7, 11) is 0. The van der Waals surface area contributed by atoms with Gasteiger partial charge in [-0.25, -0.2) is 0 Å². The zero-order valence-corrected chi connectivity index (χ0v) is 6.91. The van der Waals surface area contributed by atoms with E-state index in [1.54, 1.807) is 0 Å². The minimum atomic E-state index is 0.811. The summed E-state index contributed by atoms with van der Waals surface area (Å²) in [5, 5.41) is 0. The van der Waals surface area contributed by atoms with Crippen LogP contribution in [0.25, 0.3) is 0 Å². The van der Waals surface area contributed by atoms with E-state index in [9.17, 15) is 0 Å². The predicted octanol–water partition coefficient (Wildman–Crippen LogP) is 2.00.